The van der Waals surface area contributed by atoms with Gasteiger partial charge in [-0.1, -0.05) is 24.3 Å². The molecule has 0 saturated heterocycles. The molecule has 1 aromatic carbocycles. The van der Waals surface area contributed by atoms with Crippen LogP contribution in [0.1, 0.15) is 17.2 Å². The van der Waals surface area contributed by atoms with Gasteiger partial charge in [0.2, 0.25) is 0 Å². The maximum atomic E-state index is 12.5. The molecule has 0 saturated carbocycles. The van der Waals surface area contributed by atoms with Gasteiger partial charge in [0.1, 0.15) is 0 Å². The van der Waals surface area contributed by atoms with Crippen molar-refractivity contribution in [3.05, 3.63) is 35.4 Å². The maximum Gasteiger partial charge on any atom is 0.401 e. The Morgan fingerprint density at radius 2 is 2.10 bits per heavy atom. The summed E-state index contributed by atoms with van der Waals surface area (Å²) in [7, 11) is 0. The normalized spacial score (nSPS) is 18.6. The molecule has 1 heterocycles. The molecule has 1 atom stereocenters. The molecule has 0 fully saturated rings. The SMILES string of the molecule is O=C(O)CN(CC1OCCc2ccccc21)CC(F)(F)F. The van der Waals surface area contributed by atoms with Crippen molar-refractivity contribution in [3.8, 4) is 0 Å². The van der Waals surface area contributed by atoms with E-state index < -0.39 is 31.3 Å². The van der Waals surface area contributed by atoms with Crippen LogP contribution in [0.4, 0.5) is 13.2 Å². The minimum absolute atomic E-state index is 0.0944. The number of alkyl halides is 3. The predicted molar refractivity (Wildman–Crippen MR) is 69.0 cm³/mol. The van der Waals surface area contributed by atoms with Gasteiger partial charge in [-0.2, -0.15) is 13.2 Å². The molecule has 1 aliphatic rings. The molecule has 0 aliphatic carbocycles. The number of benzene rings is 1. The minimum atomic E-state index is -4.44. The van der Waals surface area contributed by atoms with E-state index in [0.717, 1.165) is 16.0 Å². The van der Waals surface area contributed by atoms with Crippen LogP contribution in [0.2, 0.25) is 0 Å². The first kappa shape index (κ1) is 15.8. The van der Waals surface area contributed by atoms with Crippen molar-refractivity contribution in [2.45, 2.75) is 18.7 Å². The van der Waals surface area contributed by atoms with Crippen molar-refractivity contribution in [3.63, 3.8) is 0 Å². The molecule has 1 aromatic rings. The van der Waals surface area contributed by atoms with Crippen LogP contribution in [-0.4, -0.2) is 48.4 Å². The van der Waals surface area contributed by atoms with Gasteiger partial charge in [0.25, 0.3) is 0 Å². The third kappa shape index (κ3) is 4.71. The van der Waals surface area contributed by atoms with Crippen LogP contribution < -0.4 is 0 Å². The monoisotopic (exact) mass is 303 g/mol. The predicted octanol–water partition coefficient (Wildman–Crippen LogP) is 2.25. The van der Waals surface area contributed by atoms with Crippen LogP contribution in [-0.2, 0) is 16.0 Å². The van der Waals surface area contributed by atoms with Crippen LogP contribution in [0, 0.1) is 0 Å². The van der Waals surface area contributed by atoms with E-state index >= 15 is 0 Å². The van der Waals surface area contributed by atoms with E-state index in [1.165, 1.54) is 0 Å². The topological polar surface area (TPSA) is 49.8 Å². The van der Waals surface area contributed by atoms with E-state index in [0.29, 0.717) is 13.0 Å². The van der Waals surface area contributed by atoms with E-state index in [4.69, 9.17) is 9.84 Å². The van der Waals surface area contributed by atoms with Crippen LogP contribution in [0.15, 0.2) is 24.3 Å². The first-order valence-corrected chi connectivity index (χ1v) is 6.55. The number of ether oxygens (including phenoxy) is 1. The second kappa shape index (κ2) is 6.44. The Balaban J connectivity index is 2.11. The average Bonchev–Trinajstić information content (AvgIpc) is 2.36. The van der Waals surface area contributed by atoms with E-state index in [9.17, 15) is 18.0 Å². The lowest BCUT2D eigenvalue weighted by atomic mass is 9.97. The number of nitrogens with zero attached hydrogens (tertiary/aromatic N) is 1. The first-order chi connectivity index (χ1) is 9.85. The number of carbonyl (C=O) groups is 1. The smallest absolute Gasteiger partial charge is 0.401 e. The molecule has 116 valence electrons. The highest BCUT2D eigenvalue weighted by Gasteiger charge is 2.33. The van der Waals surface area contributed by atoms with Gasteiger partial charge in [0.15, 0.2) is 0 Å². The van der Waals surface area contributed by atoms with Crippen molar-refractivity contribution in [1.82, 2.24) is 4.90 Å². The molecular formula is C14H16F3NO3. The Morgan fingerprint density at radius 3 is 2.76 bits per heavy atom. The van der Waals surface area contributed by atoms with E-state index in [1.807, 2.05) is 18.2 Å². The van der Waals surface area contributed by atoms with Gasteiger partial charge < -0.3 is 9.84 Å². The summed E-state index contributed by atoms with van der Waals surface area (Å²) >= 11 is 0. The number of rotatable bonds is 5. The number of fused-ring (bicyclic) bond motifs is 1. The summed E-state index contributed by atoms with van der Waals surface area (Å²) in [6, 6.07) is 7.39. The molecule has 1 N–H and O–H groups in total. The maximum absolute atomic E-state index is 12.5. The number of carboxylic acids is 1. The molecule has 0 radical (unpaired) electrons. The molecule has 1 aliphatic heterocycles. The van der Waals surface area contributed by atoms with Crippen molar-refractivity contribution in [2.24, 2.45) is 0 Å². The molecule has 4 nitrogen and oxygen atoms in total. The lowest BCUT2D eigenvalue weighted by Crippen LogP contribution is -2.41. The van der Waals surface area contributed by atoms with Crippen molar-refractivity contribution >= 4 is 5.97 Å². The lowest BCUT2D eigenvalue weighted by Gasteiger charge is -2.31. The zero-order valence-corrected chi connectivity index (χ0v) is 11.3. The second-order valence-electron chi connectivity index (χ2n) is 4.99. The Hall–Kier alpha value is -1.60. The summed E-state index contributed by atoms with van der Waals surface area (Å²) in [5, 5.41) is 8.76. The fourth-order valence-electron chi connectivity index (χ4n) is 2.49. The number of hydrogen-bond acceptors (Lipinski definition) is 3. The summed E-state index contributed by atoms with van der Waals surface area (Å²) in [5.41, 5.74) is 1.87. The van der Waals surface area contributed by atoms with Gasteiger partial charge in [-0.25, -0.2) is 0 Å². The number of halogens is 3. The quantitative estimate of drug-likeness (QED) is 0.906. The summed E-state index contributed by atoms with van der Waals surface area (Å²) in [4.78, 5) is 11.6. The van der Waals surface area contributed by atoms with E-state index in [2.05, 4.69) is 0 Å². The van der Waals surface area contributed by atoms with Gasteiger partial charge in [0.05, 0.1) is 25.8 Å². The molecule has 0 amide bonds. The third-order valence-electron chi connectivity index (χ3n) is 3.28. The van der Waals surface area contributed by atoms with Crippen molar-refractivity contribution in [2.75, 3.05) is 26.2 Å². The number of carboxylic acid groups (broad SMARTS) is 1. The van der Waals surface area contributed by atoms with Gasteiger partial charge >= 0.3 is 12.1 Å². The molecule has 0 spiro atoms. The second-order valence-corrected chi connectivity index (χ2v) is 4.99. The van der Waals surface area contributed by atoms with Gasteiger partial charge in [-0.05, 0) is 17.5 Å². The third-order valence-corrected chi connectivity index (χ3v) is 3.28. The fourth-order valence-corrected chi connectivity index (χ4v) is 2.49. The van der Waals surface area contributed by atoms with E-state index in [-0.39, 0.29) is 6.54 Å². The summed E-state index contributed by atoms with van der Waals surface area (Å²) in [6.07, 6.45) is -4.26. The van der Waals surface area contributed by atoms with Crippen molar-refractivity contribution < 1.29 is 27.8 Å². The zero-order valence-electron chi connectivity index (χ0n) is 11.3. The van der Waals surface area contributed by atoms with Crippen LogP contribution in [0.3, 0.4) is 0 Å². The van der Waals surface area contributed by atoms with Gasteiger partial charge in [-0.3, -0.25) is 9.69 Å². The molecule has 0 aromatic heterocycles. The van der Waals surface area contributed by atoms with Crippen molar-refractivity contribution in [1.29, 1.82) is 0 Å². The summed E-state index contributed by atoms with van der Waals surface area (Å²) in [5.74, 6) is -1.29. The standard InChI is InChI=1S/C14H16F3NO3/c15-14(16,17)9-18(8-13(19)20)7-12-11-4-2-1-3-10(11)5-6-21-12/h1-4,12H,5-9H2,(H,19,20). The summed E-state index contributed by atoms with van der Waals surface area (Å²) in [6.45, 7) is -1.60. The molecule has 7 heteroatoms. The highest BCUT2D eigenvalue weighted by molar-refractivity contribution is 5.69. The molecular weight excluding hydrogens is 287 g/mol. The minimum Gasteiger partial charge on any atom is -0.480 e. The summed E-state index contributed by atoms with van der Waals surface area (Å²) < 4.78 is 43.1. The van der Waals surface area contributed by atoms with Crippen LogP contribution >= 0.6 is 0 Å². The largest absolute Gasteiger partial charge is 0.480 e. The van der Waals surface area contributed by atoms with Crippen LogP contribution in [0.5, 0.6) is 0 Å². The average molecular weight is 303 g/mol. The molecule has 1 unspecified atom stereocenters. The lowest BCUT2D eigenvalue weighted by molar-refractivity contribution is -0.157. The highest BCUT2D eigenvalue weighted by Crippen LogP contribution is 2.28. The molecule has 0 bridgehead atoms. The Kier molecular flexibility index (Phi) is 4.84. The van der Waals surface area contributed by atoms with E-state index in [1.54, 1.807) is 6.07 Å². The van der Waals surface area contributed by atoms with Gasteiger partial charge in [0, 0.05) is 6.54 Å². The Labute approximate surface area is 120 Å². The fraction of sp³-hybridized carbons (Fsp3) is 0.500. The molecule has 2 rings (SSSR count). The van der Waals surface area contributed by atoms with Crippen LogP contribution in [0.25, 0.3) is 0 Å². The first-order valence-electron chi connectivity index (χ1n) is 6.55. The highest BCUT2D eigenvalue weighted by atomic mass is 19.4. The Morgan fingerprint density at radius 1 is 1.38 bits per heavy atom. The Bertz CT molecular complexity index is 504. The van der Waals surface area contributed by atoms with Gasteiger partial charge in [-0.15, -0.1) is 0 Å². The molecule has 21 heavy (non-hydrogen) atoms. The number of hydrogen-bond donors (Lipinski definition) is 1. The number of aliphatic carboxylic acids is 1. The zero-order chi connectivity index (χ0) is 15.5.